The van der Waals surface area contributed by atoms with E-state index in [1.165, 1.54) is 4.90 Å². The van der Waals surface area contributed by atoms with Crippen molar-refractivity contribution < 1.29 is 14.7 Å². The molecule has 1 aromatic carbocycles. The molecule has 110 valence electrons. The Labute approximate surface area is 122 Å². The van der Waals surface area contributed by atoms with E-state index in [1.54, 1.807) is 26.1 Å². The Bertz CT molecular complexity index is 700. The van der Waals surface area contributed by atoms with Gasteiger partial charge in [0.1, 0.15) is 11.9 Å². The second-order valence-corrected chi connectivity index (χ2v) is 4.79. The van der Waals surface area contributed by atoms with Crippen LogP contribution in [0.1, 0.15) is 23.7 Å². The average Bonchev–Trinajstić information content (AvgIpc) is 2.46. The van der Waals surface area contributed by atoms with Crippen molar-refractivity contribution in [1.29, 1.82) is 0 Å². The van der Waals surface area contributed by atoms with E-state index >= 15 is 0 Å². The molecule has 1 atom stereocenters. The van der Waals surface area contributed by atoms with E-state index in [0.717, 1.165) is 5.39 Å². The van der Waals surface area contributed by atoms with Crippen LogP contribution < -0.4 is 10.6 Å². The van der Waals surface area contributed by atoms with Gasteiger partial charge in [0.05, 0.1) is 11.1 Å². The van der Waals surface area contributed by atoms with Gasteiger partial charge in [-0.2, -0.15) is 0 Å². The first kappa shape index (κ1) is 14.8. The quantitative estimate of drug-likeness (QED) is 0.871. The van der Waals surface area contributed by atoms with Crippen LogP contribution in [-0.2, 0) is 4.79 Å². The van der Waals surface area contributed by atoms with Gasteiger partial charge in [0.25, 0.3) is 5.91 Å². The van der Waals surface area contributed by atoms with E-state index in [4.69, 9.17) is 5.73 Å². The molecule has 0 bridgehead atoms. The molecule has 6 heteroatoms. The van der Waals surface area contributed by atoms with Crippen molar-refractivity contribution in [2.45, 2.75) is 19.4 Å². The Balaban J connectivity index is 2.62. The highest BCUT2D eigenvalue weighted by Crippen LogP contribution is 2.24. The first-order valence-corrected chi connectivity index (χ1v) is 6.61. The highest BCUT2D eigenvalue weighted by Gasteiger charge is 2.25. The largest absolute Gasteiger partial charge is 0.480 e. The highest BCUT2D eigenvalue weighted by molar-refractivity contribution is 6.02. The van der Waals surface area contributed by atoms with Gasteiger partial charge in [0.15, 0.2) is 0 Å². The van der Waals surface area contributed by atoms with Crippen LogP contribution in [0.5, 0.6) is 0 Å². The number of rotatable bonds is 5. The van der Waals surface area contributed by atoms with Gasteiger partial charge in [-0.1, -0.05) is 25.1 Å². The van der Waals surface area contributed by atoms with Crippen molar-refractivity contribution in [3.63, 3.8) is 0 Å². The lowest BCUT2D eigenvalue weighted by molar-refractivity contribution is -0.138. The number of nitrogens with zero attached hydrogens (tertiary/aromatic N) is 2. The van der Waals surface area contributed by atoms with Crippen LogP contribution in [0, 0.1) is 0 Å². The number of likely N-dealkylation sites (N-methyl/N-ethyl adjacent to an activating group) is 1. The number of pyridine rings is 1. The molecule has 1 aromatic heterocycles. The molecule has 3 N–H and O–H groups in total. The zero-order valence-electron chi connectivity index (χ0n) is 11.9. The SMILES string of the molecule is CCC(C(=O)O)N(C)c1nc2ccccc2cc1C(N)=O. The maximum Gasteiger partial charge on any atom is 0.326 e. The van der Waals surface area contributed by atoms with Gasteiger partial charge in [0, 0.05) is 12.4 Å². The summed E-state index contributed by atoms with van der Waals surface area (Å²) in [6, 6.07) is 8.18. The van der Waals surface area contributed by atoms with Crippen molar-refractivity contribution >= 4 is 28.6 Å². The van der Waals surface area contributed by atoms with E-state index in [2.05, 4.69) is 4.98 Å². The van der Waals surface area contributed by atoms with Gasteiger partial charge in [0.2, 0.25) is 0 Å². The first-order chi connectivity index (χ1) is 9.95. The monoisotopic (exact) mass is 287 g/mol. The Hall–Kier alpha value is -2.63. The third kappa shape index (κ3) is 2.79. The number of carboxylic acids is 1. The molecule has 2 rings (SSSR count). The Morgan fingerprint density at radius 1 is 1.38 bits per heavy atom. The second-order valence-electron chi connectivity index (χ2n) is 4.79. The molecule has 0 fully saturated rings. The third-order valence-electron chi connectivity index (χ3n) is 3.44. The zero-order chi connectivity index (χ0) is 15.6. The topological polar surface area (TPSA) is 96.5 Å². The summed E-state index contributed by atoms with van der Waals surface area (Å²) in [5.74, 6) is -1.31. The van der Waals surface area contributed by atoms with Crippen LogP contribution in [0.4, 0.5) is 5.82 Å². The molecule has 0 aliphatic rings. The molecule has 2 aromatic rings. The lowest BCUT2D eigenvalue weighted by Crippen LogP contribution is -2.39. The number of carbonyl (C=O) groups is 2. The van der Waals surface area contributed by atoms with E-state index < -0.39 is 17.9 Å². The van der Waals surface area contributed by atoms with Crippen molar-refractivity contribution in [1.82, 2.24) is 4.98 Å². The minimum atomic E-state index is -0.967. The summed E-state index contributed by atoms with van der Waals surface area (Å²) >= 11 is 0. The molecule has 21 heavy (non-hydrogen) atoms. The number of hydrogen-bond donors (Lipinski definition) is 2. The number of benzene rings is 1. The van der Waals surface area contributed by atoms with Gasteiger partial charge in [-0.15, -0.1) is 0 Å². The van der Waals surface area contributed by atoms with Gasteiger partial charge >= 0.3 is 5.97 Å². The number of aliphatic carboxylic acids is 1. The van der Waals surface area contributed by atoms with Crippen LogP contribution in [0.3, 0.4) is 0 Å². The molecular weight excluding hydrogens is 270 g/mol. The number of nitrogens with two attached hydrogens (primary N) is 1. The van der Waals surface area contributed by atoms with Crippen molar-refractivity contribution in [2.75, 3.05) is 11.9 Å². The van der Waals surface area contributed by atoms with Crippen LogP contribution in [0.15, 0.2) is 30.3 Å². The van der Waals surface area contributed by atoms with E-state index in [0.29, 0.717) is 11.9 Å². The van der Waals surface area contributed by atoms with E-state index in [-0.39, 0.29) is 11.4 Å². The van der Waals surface area contributed by atoms with Gasteiger partial charge in [-0.25, -0.2) is 9.78 Å². The molecule has 0 aliphatic carbocycles. The van der Waals surface area contributed by atoms with Crippen molar-refractivity contribution in [3.8, 4) is 0 Å². The van der Waals surface area contributed by atoms with Crippen molar-refractivity contribution in [3.05, 3.63) is 35.9 Å². The number of hydrogen-bond acceptors (Lipinski definition) is 4. The molecule has 0 radical (unpaired) electrons. The predicted octanol–water partition coefficient (Wildman–Crippen LogP) is 1.63. The van der Waals surface area contributed by atoms with Crippen LogP contribution in [-0.4, -0.2) is 35.1 Å². The maximum absolute atomic E-state index is 11.7. The summed E-state index contributed by atoms with van der Waals surface area (Å²) < 4.78 is 0. The standard InChI is InChI=1S/C15H17N3O3/c1-3-12(15(20)21)18(2)14-10(13(16)19)8-9-6-4-5-7-11(9)17-14/h4-8,12H,3H2,1-2H3,(H2,16,19)(H,20,21). The highest BCUT2D eigenvalue weighted by atomic mass is 16.4. The number of para-hydroxylation sites is 1. The van der Waals surface area contributed by atoms with Gasteiger partial charge in [-0.3, -0.25) is 4.79 Å². The lowest BCUT2D eigenvalue weighted by atomic mass is 10.1. The Kier molecular flexibility index (Phi) is 4.07. The summed E-state index contributed by atoms with van der Waals surface area (Å²) in [5, 5.41) is 10.0. The minimum absolute atomic E-state index is 0.218. The summed E-state index contributed by atoms with van der Waals surface area (Å²) in [7, 11) is 1.60. The molecule has 0 aliphatic heterocycles. The first-order valence-electron chi connectivity index (χ1n) is 6.61. The number of fused-ring (bicyclic) bond motifs is 1. The summed E-state index contributed by atoms with van der Waals surface area (Å²) in [6.07, 6.45) is 0.387. The summed E-state index contributed by atoms with van der Waals surface area (Å²) in [4.78, 5) is 28.9. The third-order valence-corrected chi connectivity index (χ3v) is 3.44. The van der Waals surface area contributed by atoms with Gasteiger partial charge < -0.3 is 15.7 Å². The molecule has 1 heterocycles. The number of primary amides is 1. The fourth-order valence-corrected chi connectivity index (χ4v) is 2.32. The second kappa shape index (κ2) is 5.78. The van der Waals surface area contributed by atoms with Gasteiger partial charge in [-0.05, 0) is 18.6 Å². The van der Waals surface area contributed by atoms with E-state index in [9.17, 15) is 14.7 Å². The number of carboxylic acid groups (broad SMARTS) is 1. The molecule has 0 saturated carbocycles. The normalized spacial score (nSPS) is 12.1. The average molecular weight is 287 g/mol. The minimum Gasteiger partial charge on any atom is -0.480 e. The Morgan fingerprint density at radius 3 is 2.62 bits per heavy atom. The summed E-state index contributed by atoms with van der Waals surface area (Å²) in [5.41, 5.74) is 6.31. The number of amides is 1. The van der Waals surface area contributed by atoms with Crippen LogP contribution >= 0.6 is 0 Å². The molecule has 0 spiro atoms. The molecule has 6 nitrogen and oxygen atoms in total. The van der Waals surface area contributed by atoms with Crippen LogP contribution in [0.2, 0.25) is 0 Å². The van der Waals surface area contributed by atoms with Crippen LogP contribution in [0.25, 0.3) is 10.9 Å². The van der Waals surface area contributed by atoms with E-state index in [1.807, 2.05) is 18.2 Å². The number of anilines is 1. The molecule has 0 saturated heterocycles. The zero-order valence-corrected chi connectivity index (χ0v) is 11.9. The molecule has 1 amide bonds. The maximum atomic E-state index is 11.7. The molecule has 1 unspecified atom stereocenters. The Morgan fingerprint density at radius 2 is 2.05 bits per heavy atom. The molecular formula is C15H17N3O3. The lowest BCUT2D eigenvalue weighted by Gasteiger charge is -2.26. The summed E-state index contributed by atoms with van der Waals surface area (Å²) in [6.45, 7) is 1.76. The fourth-order valence-electron chi connectivity index (χ4n) is 2.32. The van der Waals surface area contributed by atoms with Crippen molar-refractivity contribution in [2.24, 2.45) is 5.73 Å². The smallest absolute Gasteiger partial charge is 0.326 e. The predicted molar refractivity (Wildman–Crippen MR) is 80.4 cm³/mol. The number of carbonyl (C=O) groups excluding carboxylic acids is 1. The fraction of sp³-hybridized carbons (Fsp3) is 0.267. The number of aromatic nitrogens is 1.